The number of hydrogen-bond donors (Lipinski definition) is 2. The normalized spacial score (nSPS) is 12.6. The average Bonchev–Trinajstić information content (AvgIpc) is 2.84. The molecule has 0 aliphatic heterocycles. The first kappa shape index (κ1) is 13.9. The van der Waals surface area contributed by atoms with Crippen molar-refractivity contribution < 1.29 is 9.90 Å². The second-order valence-electron chi connectivity index (χ2n) is 4.78. The van der Waals surface area contributed by atoms with E-state index in [1.807, 2.05) is 13.8 Å². The number of hydrogen-bond acceptors (Lipinski definition) is 5. The van der Waals surface area contributed by atoms with Crippen molar-refractivity contribution in [2.45, 2.75) is 26.3 Å². The highest BCUT2D eigenvalue weighted by Gasteiger charge is 2.25. The molecule has 0 saturated heterocycles. The largest absolute Gasteiger partial charge is 0.481 e. The third kappa shape index (κ3) is 2.73. The van der Waals surface area contributed by atoms with Gasteiger partial charge < -0.3 is 10.1 Å². The molecule has 8 nitrogen and oxygen atoms in total. The number of pyridine rings is 1. The summed E-state index contributed by atoms with van der Waals surface area (Å²) in [4.78, 5) is 25.6. The highest BCUT2D eigenvalue weighted by Crippen LogP contribution is 2.24. The summed E-state index contributed by atoms with van der Waals surface area (Å²) in [6.45, 7) is 3.77. The van der Waals surface area contributed by atoms with Gasteiger partial charge in [0.2, 0.25) is 0 Å². The summed E-state index contributed by atoms with van der Waals surface area (Å²) in [6, 6.07) is 0.952. The van der Waals surface area contributed by atoms with Crippen LogP contribution in [0.25, 0.3) is 11.4 Å². The van der Waals surface area contributed by atoms with E-state index in [0.29, 0.717) is 5.56 Å². The van der Waals surface area contributed by atoms with Crippen LogP contribution in [0.5, 0.6) is 0 Å². The summed E-state index contributed by atoms with van der Waals surface area (Å²) >= 11 is 0. The number of aromatic amines is 1. The predicted molar refractivity (Wildman–Crippen MR) is 70.0 cm³/mol. The van der Waals surface area contributed by atoms with Crippen LogP contribution in [-0.4, -0.2) is 36.3 Å². The standard InChI is InChI=1S/C12H15N5O3/c1-7(2)9(5-11(19)20)17-12(14-15-16-17)8-6-13-4-3-10(8)18/h3-4,6-7,9H,5H2,1-2H3,(H,13,18)(H,19,20). The number of aromatic nitrogens is 5. The van der Waals surface area contributed by atoms with Crippen LogP contribution in [0.2, 0.25) is 0 Å². The molecule has 2 aromatic heterocycles. The van der Waals surface area contributed by atoms with Crippen molar-refractivity contribution in [3.63, 3.8) is 0 Å². The first-order valence-electron chi connectivity index (χ1n) is 6.18. The van der Waals surface area contributed by atoms with Crippen molar-refractivity contribution in [2.24, 2.45) is 5.92 Å². The fraction of sp³-hybridized carbons (Fsp3) is 0.417. The van der Waals surface area contributed by atoms with Crippen LogP contribution >= 0.6 is 0 Å². The molecule has 0 amide bonds. The zero-order chi connectivity index (χ0) is 14.7. The molecule has 0 radical (unpaired) electrons. The topological polar surface area (TPSA) is 114 Å². The minimum atomic E-state index is -0.938. The SMILES string of the molecule is CC(C)C(CC(=O)O)n1nnnc1-c1c[nH]ccc1=O. The summed E-state index contributed by atoms with van der Waals surface area (Å²) in [7, 11) is 0. The lowest BCUT2D eigenvalue weighted by Crippen LogP contribution is -2.22. The maximum absolute atomic E-state index is 11.8. The summed E-state index contributed by atoms with van der Waals surface area (Å²) in [6.07, 6.45) is 2.90. The van der Waals surface area contributed by atoms with Crippen molar-refractivity contribution in [2.75, 3.05) is 0 Å². The molecule has 0 spiro atoms. The number of carbonyl (C=O) groups is 1. The number of rotatable bonds is 5. The lowest BCUT2D eigenvalue weighted by atomic mass is 10.0. The Bertz CT molecular complexity index is 661. The lowest BCUT2D eigenvalue weighted by molar-refractivity contribution is -0.138. The molecule has 0 bridgehead atoms. The van der Waals surface area contributed by atoms with Gasteiger partial charge in [-0.15, -0.1) is 5.10 Å². The Hall–Kier alpha value is -2.51. The smallest absolute Gasteiger partial charge is 0.305 e. The van der Waals surface area contributed by atoms with E-state index in [1.54, 1.807) is 0 Å². The Morgan fingerprint density at radius 1 is 1.50 bits per heavy atom. The Balaban J connectivity index is 2.49. The van der Waals surface area contributed by atoms with E-state index in [9.17, 15) is 9.59 Å². The van der Waals surface area contributed by atoms with Crippen LogP contribution in [0.4, 0.5) is 0 Å². The molecule has 2 aromatic rings. The zero-order valence-corrected chi connectivity index (χ0v) is 11.1. The second-order valence-corrected chi connectivity index (χ2v) is 4.78. The Morgan fingerprint density at radius 3 is 2.85 bits per heavy atom. The number of carboxylic acids is 1. The highest BCUT2D eigenvalue weighted by atomic mass is 16.4. The summed E-state index contributed by atoms with van der Waals surface area (Å²) in [5, 5.41) is 20.3. The van der Waals surface area contributed by atoms with E-state index in [-0.39, 0.29) is 23.6 Å². The van der Waals surface area contributed by atoms with Crippen LogP contribution in [0.1, 0.15) is 26.3 Å². The molecule has 0 aromatic carbocycles. The Kier molecular flexibility index (Phi) is 3.92. The number of H-pyrrole nitrogens is 1. The number of aliphatic carboxylic acids is 1. The molecule has 106 valence electrons. The predicted octanol–water partition coefficient (Wildman–Crippen LogP) is 0.700. The lowest BCUT2D eigenvalue weighted by Gasteiger charge is -2.19. The van der Waals surface area contributed by atoms with Crippen molar-refractivity contribution in [1.29, 1.82) is 0 Å². The van der Waals surface area contributed by atoms with Crippen LogP contribution in [-0.2, 0) is 4.79 Å². The third-order valence-corrected chi connectivity index (χ3v) is 3.03. The number of tetrazole rings is 1. The molecule has 0 aliphatic rings. The van der Waals surface area contributed by atoms with Gasteiger partial charge in [-0.1, -0.05) is 13.8 Å². The van der Waals surface area contributed by atoms with Gasteiger partial charge in [-0.25, -0.2) is 4.68 Å². The number of nitrogens with one attached hydrogen (secondary N) is 1. The maximum Gasteiger partial charge on any atom is 0.305 e. The first-order valence-corrected chi connectivity index (χ1v) is 6.18. The van der Waals surface area contributed by atoms with E-state index < -0.39 is 12.0 Å². The van der Waals surface area contributed by atoms with Crippen LogP contribution < -0.4 is 5.43 Å². The van der Waals surface area contributed by atoms with Gasteiger partial charge in [-0.2, -0.15) is 0 Å². The fourth-order valence-corrected chi connectivity index (χ4v) is 1.97. The van der Waals surface area contributed by atoms with Gasteiger partial charge in [-0.3, -0.25) is 9.59 Å². The Labute approximate surface area is 114 Å². The van der Waals surface area contributed by atoms with Crippen molar-refractivity contribution in [3.05, 3.63) is 28.7 Å². The average molecular weight is 277 g/mol. The minimum Gasteiger partial charge on any atom is -0.481 e. The molecule has 8 heteroatoms. The summed E-state index contributed by atoms with van der Waals surface area (Å²) in [5.41, 5.74) is 0.0890. The monoisotopic (exact) mass is 277 g/mol. The van der Waals surface area contributed by atoms with Crippen molar-refractivity contribution in [1.82, 2.24) is 25.2 Å². The molecule has 1 atom stereocenters. The highest BCUT2D eigenvalue weighted by molar-refractivity contribution is 5.67. The molecular weight excluding hydrogens is 262 g/mol. The Morgan fingerprint density at radius 2 is 2.25 bits per heavy atom. The van der Waals surface area contributed by atoms with Gasteiger partial charge in [-0.05, 0) is 16.3 Å². The van der Waals surface area contributed by atoms with Crippen LogP contribution in [0, 0.1) is 5.92 Å². The van der Waals surface area contributed by atoms with E-state index in [2.05, 4.69) is 20.5 Å². The summed E-state index contributed by atoms with van der Waals surface area (Å²) < 4.78 is 1.41. The molecule has 2 heterocycles. The van der Waals surface area contributed by atoms with E-state index >= 15 is 0 Å². The van der Waals surface area contributed by atoms with Gasteiger partial charge in [0, 0.05) is 18.5 Å². The van der Waals surface area contributed by atoms with Crippen LogP contribution in [0.15, 0.2) is 23.3 Å². The van der Waals surface area contributed by atoms with Gasteiger partial charge in [0.1, 0.15) is 0 Å². The third-order valence-electron chi connectivity index (χ3n) is 3.03. The quantitative estimate of drug-likeness (QED) is 0.831. The second kappa shape index (κ2) is 5.64. The molecule has 0 fully saturated rings. The molecule has 0 aliphatic carbocycles. The van der Waals surface area contributed by atoms with Gasteiger partial charge >= 0.3 is 5.97 Å². The van der Waals surface area contributed by atoms with Gasteiger partial charge in [0.15, 0.2) is 11.3 Å². The molecule has 2 N–H and O–H groups in total. The first-order chi connectivity index (χ1) is 9.50. The molecule has 2 rings (SSSR count). The van der Waals surface area contributed by atoms with Crippen molar-refractivity contribution in [3.8, 4) is 11.4 Å². The van der Waals surface area contributed by atoms with Gasteiger partial charge in [0.05, 0.1) is 18.0 Å². The fourth-order valence-electron chi connectivity index (χ4n) is 1.97. The molecule has 20 heavy (non-hydrogen) atoms. The van der Waals surface area contributed by atoms with E-state index in [0.717, 1.165) is 0 Å². The molecular formula is C12H15N5O3. The van der Waals surface area contributed by atoms with Gasteiger partial charge in [0.25, 0.3) is 0 Å². The molecule has 0 saturated carbocycles. The van der Waals surface area contributed by atoms with Crippen LogP contribution in [0.3, 0.4) is 0 Å². The minimum absolute atomic E-state index is 0.0103. The molecule has 1 unspecified atom stereocenters. The zero-order valence-electron chi connectivity index (χ0n) is 11.1. The van der Waals surface area contributed by atoms with E-state index in [4.69, 9.17) is 5.11 Å². The summed E-state index contributed by atoms with van der Waals surface area (Å²) in [5.74, 6) is -0.657. The maximum atomic E-state index is 11.8. The van der Waals surface area contributed by atoms with E-state index in [1.165, 1.54) is 23.1 Å². The van der Waals surface area contributed by atoms with Crippen molar-refractivity contribution >= 4 is 5.97 Å². The number of carboxylic acid groups (broad SMARTS) is 1. The number of nitrogens with zero attached hydrogens (tertiary/aromatic N) is 4.